The third-order valence-electron chi connectivity index (χ3n) is 3.62. The zero-order chi connectivity index (χ0) is 19.1. The number of ether oxygens (including phenoxy) is 1. The topological polar surface area (TPSA) is 71.5 Å². The van der Waals surface area contributed by atoms with Crippen LogP contribution in [0.15, 0.2) is 73.1 Å². The summed E-state index contributed by atoms with van der Waals surface area (Å²) in [5, 5.41) is 11.8. The van der Waals surface area contributed by atoms with E-state index in [0.29, 0.717) is 22.6 Å². The fourth-order valence-electron chi connectivity index (χ4n) is 2.34. The van der Waals surface area contributed by atoms with Gasteiger partial charge in [-0.1, -0.05) is 18.2 Å². The highest BCUT2D eigenvalue weighted by Crippen LogP contribution is 2.24. The minimum atomic E-state index is -0.544. The average molecular weight is 364 g/mol. The molecule has 0 saturated carbocycles. The van der Waals surface area contributed by atoms with Gasteiger partial charge in [-0.25, -0.2) is 4.39 Å². The summed E-state index contributed by atoms with van der Waals surface area (Å²) in [6, 6.07) is 14.7. The van der Waals surface area contributed by atoms with Crippen LogP contribution >= 0.6 is 0 Å². The number of anilines is 1. The quantitative estimate of drug-likeness (QED) is 0.645. The summed E-state index contributed by atoms with van der Waals surface area (Å²) in [5.41, 5.74) is 1.79. The standard InChI is InChI=1S/C21H17FN2O3/c22-19-12-15(6-8-20(19)27-18-5-2-10-23-13-18)7-9-21(26)24-17-4-1-3-16(11-17)14-25/h1-13,25H,14H2,(H,24,26)/b9-7+. The first-order valence-corrected chi connectivity index (χ1v) is 8.20. The van der Waals surface area contributed by atoms with E-state index >= 15 is 0 Å². The molecule has 3 aromatic rings. The van der Waals surface area contributed by atoms with E-state index in [4.69, 9.17) is 9.84 Å². The number of halogens is 1. The Bertz CT molecular complexity index is 959. The van der Waals surface area contributed by atoms with Gasteiger partial charge in [0.2, 0.25) is 5.91 Å². The number of nitrogens with one attached hydrogen (secondary N) is 1. The Morgan fingerprint density at radius 2 is 2.07 bits per heavy atom. The molecule has 1 heterocycles. The van der Waals surface area contributed by atoms with Crippen molar-refractivity contribution in [3.63, 3.8) is 0 Å². The lowest BCUT2D eigenvalue weighted by atomic mass is 10.2. The van der Waals surface area contributed by atoms with E-state index < -0.39 is 5.82 Å². The molecule has 0 radical (unpaired) electrons. The molecule has 0 aliphatic carbocycles. The Balaban J connectivity index is 1.64. The second-order valence-corrected chi connectivity index (χ2v) is 5.66. The molecule has 6 heteroatoms. The van der Waals surface area contributed by atoms with Crippen molar-refractivity contribution in [1.82, 2.24) is 4.98 Å². The van der Waals surface area contributed by atoms with Crippen LogP contribution in [0, 0.1) is 5.82 Å². The Labute approximate surface area is 155 Å². The Kier molecular flexibility index (Phi) is 5.91. The van der Waals surface area contributed by atoms with Crippen LogP contribution in [0.5, 0.6) is 11.5 Å². The molecule has 1 aromatic heterocycles. The maximum absolute atomic E-state index is 14.2. The number of benzene rings is 2. The lowest BCUT2D eigenvalue weighted by Gasteiger charge is -2.07. The van der Waals surface area contributed by atoms with Crippen LogP contribution in [0.3, 0.4) is 0 Å². The van der Waals surface area contributed by atoms with Gasteiger partial charge in [0.25, 0.3) is 0 Å². The van der Waals surface area contributed by atoms with Gasteiger partial charge in [-0.3, -0.25) is 9.78 Å². The molecule has 27 heavy (non-hydrogen) atoms. The molecule has 0 aliphatic rings. The van der Waals surface area contributed by atoms with Crippen molar-refractivity contribution in [3.05, 3.63) is 90.0 Å². The monoisotopic (exact) mass is 364 g/mol. The minimum absolute atomic E-state index is 0.0745. The normalized spacial score (nSPS) is 10.7. The van der Waals surface area contributed by atoms with Gasteiger partial charge in [0.05, 0.1) is 12.8 Å². The number of aliphatic hydroxyl groups is 1. The van der Waals surface area contributed by atoms with E-state index in [1.54, 1.807) is 48.7 Å². The summed E-state index contributed by atoms with van der Waals surface area (Å²) in [7, 11) is 0. The maximum Gasteiger partial charge on any atom is 0.248 e. The summed E-state index contributed by atoms with van der Waals surface area (Å²) < 4.78 is 19.6. The molecule has 3 rings (SSSR count). The van der Waals surface area contributed by atoms with Gasteiger partial charge >= 0.3 is 0 Å². The van der Waals surface area contributed by atoms with Crippen LogP contribution in [-0.4, -0.2) is 16.0 Å². The number of hydrogen-bond donors (Lipinski definition) is 2. The molecule has 2 aromatic carbocycles. The van der Waals surface area contributed by atoms with Crippen LogP contribution < -0.4 is 10.1 Å². The van der Waals surface area contributed by atoms with Crippen LogP contribution in [0.25, 0.3) is 6.08 Å². The number of aliphatic hydroxyl groups excluding tert-OH is 1. The number of hydrogen-bond acceptors (Lipinski definition) is 4. The van der Waals surface area contributed by atoms with Gasteiger partial charge in [-0.15, -0.1) is 0 Å². The van der Waals surface area contributed by atoms with Crippen molar-refractivity contribution < 1.29 is 19.0 Å². The first kappa shape index (κ1) is 18.3. The van der Waals surface area contributed by atoms with Gasteiger partial charge in [0.1, 0.15) is 5.75 Å². The van der Waals surface area contributed by atoms with Gasteiger partial charge in [-0.2, -0.15) is 0 Å². The molecular weight excluding hydrogens is 347 g/mol. The fourth-order valence-corrected chi connectivity index (χ4v) is 2.34. The predicted octanol–water partition coefficient (Wildman–Crippen LogP) is 4.16. The van der Waals surface area contributed by atoms with Crippen LogP contribution in [0.4, 0.5) is 10.1 Å². The van der Waals surface area contributed by atoms with Gasteiger partial charge < -0.3 is 15.2 Å². The Morgan fingerprint density at radius 3 is 2.81 bits per heavy atom. The van der Waals surface area contributed by atoms with E-state index in [1.165, 1.54) is 30.5 Å². The van der Waals surface area contributed by atoms with E-state index in [9.17, 15) is 9.18 Å². The number of nitrogens with zero attached hydrogens (tertiary/aromatic N) is 1. The molecule has 0 saturated heterocycles. The fraction of sp³-hybridized carbons (Fsp3) is 0.0476. The van der Waals surface area contributed by atoms with Crippen molar-refractivity contribution in [2.75, 3.05) is 5.32 Å². The molecular formula is C21H17FN2O3. The van der Waals surface area contributed by atoms with E-state index in [2.05, 4.69) is 10.3 Å². The molecule has 1 amide bonds. The highest BCUT2D eigenvalue weighted by atomic mass is 19.1. The van der Waals surface area contributed by atoms with Crippen LogP contribution in [0.2, 0.25) is 0 Å². The summed E-state index contributed by atoms with van der Waals surface area (Å²) in [4.78, 5) is 15.9. The van der Waals surface area contributed by atoms with Crippen LogP contribution in [0.1, 0.15) is 11.1 Å². The second kappa shape index (κ2) is 8.73. The number of rotatable bonds is 6. The van der Waals surface area contributed by atoms with Crippen molar-refractivity contribution >= 4 is 17.7 Å². The highest BCUT2D eigenvalue weighted by molar-refractivity contribution is 6.01. The van der Waals surface area contributed by atoms with E-state index in [-0.39, 0.29) is 18.3 Å². The number of carbonyl (C=O) groups excluding carboxylic acids is 1. The van der Waals surface area contributed by atoms with E-state index in [0.717, 1.165) is 0 Å². The number of carbonyl (C=O) groups is 1. The number of pyridine rings is 1. The molecule has 0 atom stereocenters. The van der Waals surface area contributed by atoms with Gasteiger partial charge in [0, 0.05) is 18.0 Å². The Hall–Kier alpha value is -3.51. The zero-order valence-corrected chi connectivity index (χ0v) is 14.3. The van der Waals surface area contributed by atoms with Crippen molar-refractivity contribution in [3.8, 4) is 11.5 Å². The summed E-state index contributed by atoms with van der Waals surface area (Å²) >= 11 is 0. The first-order chi connectivity index (χ1) is 13.1. The summed E-state index contributed by atoms with van der Waals surface area (Å²) in [5.74, 6) is -0.396. The van der Waals surface area contributed by atoms with Crippen LogP contribution in [-0.2, 0) is 11.4 Å². The lowest BCUT2D eigenvalue weighted by Crippen LogP contribution is -2.07. The maximum atomic E-state index is 14.2. The molecule has 0 bridgehead atoms. The van der Waals surface area contributed by atoms with Crippen molar-refractivity contribution in [2.45, 2.75) is 6.61 Å². The lowest BCUT2D eigenvalue weighted by molar-refractivity contribution is -0.111. The molecule has 0 fully saturated rings. The second-order valence-electron chi connectivity index (χ2n) is 5.66. The zero-order valence-electron chi connectivity index (χ0n) is 14.3. The third-order valence-corrected chi connectivity index (χ3v) is 3.62. The van der Waals surface area contributed by atoms with Crippen molar-refractivity contribution in [2.24, 2.45) is 0 Å². The Morgan fingerprint density at radius 1 is 1.19 bits per heavy atom. The highest BCUT2D eigenvalue weighted by Gasteiger charge is 2.06. The average Bonchev–Trinajstić information content (AvgIpc) is 2.69. The van der Waals surface area contributed by atoms with Crippen molar-refractivity contribution in [1.29, 1.82) is 0 Å². The minimum Gasteiger partial charge on any atom is -0.453 e. The number of amides is 1. The molecule has 0 aliphatic heterocycles. The smallest absolute Gasteiger partial charge is 0.248 e. The summed E-state index contributed by atoms with van der Waals surface area (Å²) in [6.07, 6.45) is 5.90. The SMILES string of the molecule is O=C(/C=C/c1ccc(Oc2cccnc2)c(F)c1)Nc1cccc(CO)c1. The van der Waals surface area contributed by atoms with Gasteiger partial charge in [0.15, 0.2) is 11.6 Å². The van der Waals surface area contributed by atoms with E-state index in [1.807, 2.05) is 0 Å². The van der Waals surface area contributed by atoms with Gasteiger partial charge in [-0.05, 0) is 53.6 Å². The largest absolute Gasteiger partial charge is 0.453 e. The first-order valence-electron chi connectivity index (χ1n) is 8.20. The molecule has 0 unspecified atom stereocenters. The third kappa shape index (κ3) is 5.23. The molecule has 136 valence electrons. The number of aromatic nitrogens is 1. The summed E-state index contributed by atoms with van der Waals surface area (Å²) in [6.45, 7) is -0.105. The molecule has 0 spiro atoms. The predicted molar refractivity (Wildman–Crippen MR) is 101 cm³/mol. The molecule has 2 N–H and O–H groups in total. The molecule has 5 nitrogen and oxygen atoms in total.